The van der Waals surface area contributed by atoms with Crippen LogP contribution in [0.3, 0.4) is 0 Å². The van der Waals surface area contributed by atoms with Crippen molar-refractivity contribution >= 4 is 34.8 Å². The van der Waals surface area contributed by atoms with Gasteiger partial charge in [0.1, 0.15) is 5.02 Å². The first-order valence-corrected chi connectivity index (χ1v) is 8.39. The highest BCUT2D eigenvalue weighted by Crippen LogP contribution is 2.25. The van der Waals surface area contributed by atoms with Crippen molar-refractivity contribution in [2.24, 2.45) is 0 Å². The number of rotatable bonds is 6. The number of anilines is 1. The van der Waals surface area contributed by atoms with Crippen LogP contribution in [0.4, 0.5) is 11.4 Å². The Balaban J connectivity index is 2.22. The minimum Gasteiger partial charge on any atom is -0.339 e. The zero-order chi connectivity index (χ0) is 19.3. The molecule has 0 aliphatic heterocycles. The van der Waals surface area contributed by atoms with Gasteiger partial charge in [-0.2, -0.15) is 0 Å². The number of nitrogens with one attached hydrogen (secondary N) is 1. The lowest BCUT2D eigenvalue weighted by molar-refractivity contribution is -0.384. The van der Waals surface area contributed by atoms with Gasteiger partial charge in [-0.25, -0.2) is 0 Å². The summed E-state index contributed by atoms with van der Waals surface area (Å²) in [7, 11) is 0. The SMILES string of the molecule is CCN(CC)C(=O)c1cccc(NC(=O)c2ccc(Cl)c([N+](=O)[O-])c2)c1. The summed E-state index contributed by atoms with van der Waals surface area (Å²) in [6.45, 7) is 4.95. The van der Waals surface area contributed by atoms with E-state index in [1.54, 1.807) is 29.2 Å². The van der Waals surface area contributed by atoms with Gasteiger partial charge in [-0.15, -0.1) is 0 Å². The van der Waals surface area contributed by atoms with Crippen LogP contribution in [0.1, 0.15) is 34.6 Å². The Hall–Kier alpha value is -2.93. The summed E-state index contributed by atoms with van der Waals surface area (Å²) in [5, 5.41) is 13.5. The molecule has 0 fully saturated rings. The number of carbonyl (C=O) groups is 2. The molecule has 2 rings (SSSR count). The van der Waals surface area contributed by atoms with Crippen LogP contribution in [-0.2, 0) is 0 Å². The quantitative estimate of drug-likeness (QED) is 0.610. The molecular formula is C18H18ClN3O4. The Labute approximate surface area is 155 Å². The van der Waals surface area contributed by atoms with Gasteiger partial charge in [0.05, 0.1) is 4.92 Å². The Kier molecular flexibility index (Phi) is 6.30. The second-order valence-electron chi connectivity index (χ2n) is 5.44. The molecule has 2 amide bonds. The van der Waals surface area contributed by atoms with E-state index in [0.717, 1.165) is 6.07 Å². The van der Waals surface area contributed by atoms with Gasteiger partial charge < -0.3 is 10.2 Å². The number of halogens is 1. The molecule has 0 heterocycles. The average Bonchev–Trinajstić information content (AvgIpc) is 2.62. The predicted octanol–water partition coefficient (Wildman–Crippen LogP) is 3.98. The van der Waals surface area contributed by atoms with Crippen LogP contribution in [0, 0.1) is 10.1 Å². The lowest BCUT2D eigenvalue weighted by Gasteiger charge is -2.19. The van der Waals surface area contributed by atoms with E-state index in [-0.39, 0.29) is 22.2 Å². The van der Waals surface area contributed by atoms with Gasteiger partial charge in [0.25, 0.3) is 17.5 Å². The van der Waals surface area contributed by atoms with E-state index in [0.29, 0.717) is 24.3 Å². The highest BCUT2D eigenvalue weighted by Gasteiger charge is 2.17. The highest BCUT2D eigenvalue weighted by atomic mass is 35.5. The number of carbonyl (C=O) groups excluding carboxylic acids is 2. The van der Waals surface area contributed by atoms with Crippen LogP contribution >= 0.6 is 11.6 Å². The van der Waals surface area contributed by atoms with E-state index in [2.05, 4.69) is 5.32 Å². The van der Waals surface area contributed by atoms with Crippen molar-refractivity contribution in [1.82, 2.24) is 4.90 Å². The van der Waals surface area contributed by atoms with Crippen LogP contribution in [0.25, 0.3) is 0 Å². The van der Waals surface area contributed by atoms with Crippen molar-refractivity contribution < 1.29 is 14.5 Å². The third-order valence-corrected chi connectivity index (χ3v) is 4.14. The Bertz CT molecular complexity index is 850. The summed E-state index contributed by atoms with van der Waals surface area (Å²) in [6, 6.07) is 10.4. The highest BCUT2D eigenvalue weighted by molar-refractivity contribution is 6.32. The maximum atomic E-state index is 12.4. The molecule has 8 heteroatoms. The maximum Gasteiger partial charge on any atom is 0.288 e. The van der Waals surface area contributed by atoms with Crippen molar-refractivity contribution in [1.29, 1.82) is 0 Å². The van der Waals surface area contributed by atoms with Crippen molar-refractivity contribution in [3.8, 4) is 0 Å². The molecule has 2 aromatic rings. The second kappa shape index (κ2) is 8.44. The zero-order valence-corrected chi connectivity index (χ0v) is 15.1. The van der Waals surface area contributed by atoms with Crippen LogP contribution in [0.5, 0.6) is 0 Å². The third-order valence-electron chi connectivity index (χ3n) is 3.82. The van der Waals surface area contributed by atoms with Gasteiger partial charge in [0.15, 0.2) is 0 Å². The molecular weight excluding hydrogens is 358 g/mol. The molecule has 0 aromatic heterocycles. The zero-order valence-electron chi connectivity index (χ0n) is 14.4. The molecule has 0 bridgehead atoms. The molecule has 26 heavy (non-hydrogen) atoms. The summed E-state index contributed by atoms with van der Waals surface area (Å²) in [6.07, 6.45) is 0. The first-order chi connectivity index (χ1) is 12.4. The minimum atomic E-state index is -0.650. The summed E-state index contributed by atoms with van der Waals surface area (Å²) in [5.41, 5.74) is 0.630. The minimum absolute atomic E-state index is 0.0432. The molecule has 0 unspecified atom stereocenters. The number of nitro groups is 1. The first kappa shape index (κ1) is 19.4. The van der Waals surface area contributed by atoms with Crippen LogP contribution in [-0.4, -0.2) is 34.7 Å². The normalized spacial score (nSPS) is 10.3. The average molecular weight is 376 g/mol. The van der Waals surface area contributed by atoms with Gasteiger partial charge in [-0.1, -0.05) is 17.7 Å². The number of hydrogen-bond donors (Lipinski definition) is 1. The van der Waals surface area contributed by atoms with Crippen molar-refractivity contribution in [3.63, 3.8) is 0 Å². The van der Waals surface area contributed by atoms with Crippen LogP contribution in [0.15, 0.2) is 42.5 Å². The van der Waals surface area contributed by atoms with E-state index < -0.39 is 10.8 Å². The largest absolute Gasteiger partial charge is 0.339 e. The summed E-state index contributed by atoms with van der Waals surface area (Å²) in [5.74, 6) is -0.662. The van der Waals surface area contributed by atoms with Gasteiger partial charge in [-0.3, -0.25) is 19.7 Å². The molecule has 0 saturated carbocycles. The molecule has 2 aromatic carbocycles. The molecule has 136 valence electrons. The van der Waals surface area contributed by atoms with Crippen molar-refractivity contribution in [3.05, 3.63) is 68.7 Å². The summed E-state index contributed by atoms with van der Waals surface area (Å²) >= 11 is 5.75. The van der Waals surface area contributed by atoms with E-state index in [4.69, 9.17) is 11.6 Å². The van der Waals surface area contributed by atoms with Crippen molar-refractivity contribution in [2.45, 2.75) is 13.8 Å². The van der Waals surface area contributed by atoms with Crippen LogP contribution < -0.4 is 5.32 Å². The standard InChI is InChI=1S/C18H18ClN3O4/c1-3-21(4-2)18(24)13-6-5-7-14(10-13)20-17(23)12-8-9-15(19)16(11-12)22(25)26/h5-11H,3-4H2,1-2H3,(H,20,23). The molecule has 0 atom stereocenters. The lowest BCUT2D eigenvalue weighted by Crippen LogP contribution is -2.30. The molecule has 1 N–H and O–H groups in total. The number of hydrogen-bond acceptors (Lipinski definition) is 4. The molecule has 0 radical (unpaired) electrons. The van der Waals surface area contributed by atoms with Gasteiger partial charge >= 0.3 is 0 Å². The van der Waals surface area contributed by atoms with E-state index in [1.807, 2.05) is 13.8 Å². The molecule has 0 spiro atoms. The summed E-state index contributed by atoms with van der Waals surface area (Å²) in [4.78, 5) is 36.7. The third kappa shape index (κ3) is 4.37. The van der Waals surface area contributed by atoms with Gasteiger partial charge in [-0.05, 0) is 44.2 Å². The maximum absolute atomic E-state index is 12.4. The molecule has 0 aliphatic carbocycles. The van der Waals surface area contributed by atoms with Gasteiger partial charge in [0, 0.05) is 36.0 Å². The van der Waals surface area contributed by atoms with E-state index in [9.17, 15) is 19.7 Å². The topological polar surface area (TPSA) is 92.6 Å². The smallest absolute Gasteiger partial charge is 0.288 e. The fourth-order valence-corrected chi connectivity index (χ4v) is 2.61. The first-order valence-electron chi connectivity index (χ1n) is 8.02. The fourth-order valence-electron chi connectivity index (χ4n) is 2.42. The predicted molar refractivity (Wildman–Crippen MR) is 99.8 cm³/mol. The van der Waals surface area contributed by atoms with Gasteiger partial charge in [0.2, 0.25) is 0 Å². The summed E-state index contributed by atoms with van der Waals surface area (Å²) < 4.78 is 0. The van der Waals surface area contributed by atoms with Crippen molar-refractivity contribution in [2.75, 3.05) is 18.4 Å². The molecule has 0 aliphatic rings. The Morgan fingerprint density at radius 2 is 1.81 bits per heavy atom. The fraction of sp³-hybridized carbons (Fsp3) is 0.222. The number of nitrogens with zero attached hydrogens (tertiary/aromatic N) is 2. The number of nitro benzene ring substituents is 1. The Morgan fingerprint density at radius 1 is 1.12 bits per heavy atom. The number of amides is 2. The lowest BCUT2D eigenvalue weighted by atomic mass is 10.1. The Morgan fingerprint density at radius 3 is 2.42 bits per heavy atom. The monoisotopic (exact) mass is 375 g/mol. The van der Waals surface area contributed by atoms with Crippen LogP contribution in [0.2, 0.25) is 5.02 Å². The molecule has 0 saturated heterocycles. The molecule has 7 nitrogen and oxygen atoms in total. The van der Waals surface area contributed by atoms with E-state index in [1.165, 1.54) is 12.1 Å². The second-order valence-corrected chi connectivity index (χ2v) is 5.84. The van der Waals surface area contributed by atoms with E-state index >= 15 is 0 Å². The number of benzene rings is 2.